The lowest BCUT2D eigenvalue weighted by Gasteiger charge is -2.07. The lowest BCUT2D eigenvalue weighted by Crippen LogP contribution is -2.48. The standard InChI is InChI=1S/C22H16N4O8S2/c27-21-19(25-23-13-5-9-15(10-6-13)35(29,30)31)17-3-1-2-4-18(17)20(22(21)28)26-24-14-7-11-16(12-8-14)36(32,33)34/h1-12,23-24H,(H,29,30,31)(H,32,33,34)/p-2/b25-19+,26-20+. The van der Waals surface area contributed by atoms with Gasteiger partial charge in [-0.15, -0.1) is 0 Å². The van der Waals surface area contributed by atoms with E-state index in [9.17, 15) is 35.5 Å². The molecule has 0 aromatic heterocycles. The van der Waals surface area contributed by atoms with Crippen molar-refractivity contribution in [2.45, 2.75) is 9.79 Å². The Labute approximate surface area is 203 Å². The van der Waals surface area contributed by atoms with Gasteiger partial charge in [-0.25, -0.2) is 16.8 Å². The van der Waals surface area contributed by atoms with Crippen LogP contribution in [0, 0.1) is 0 Å². The average Bonchev–Trinajstić information content (AvgIpc) is 2.83. The van der Waals surface area contributed by atoms with Crippen LogP contribution in [0.1, 0.15) is 0 Å². The summed E-state index contributed by atoms with van der Waals surface area (Å²) in [5, 5.41) is 8.19. The van der Waals surface area contributed by atoms with E-state index in [2.05, 4.69) is 21.1 Å². The fourth-order valence-electron chi connectivity index (χ4n) is 3.21. The number of nitrogens with zero attached hydrogens (tertiary/aromatic N) is 2. The lowest BCUT2D eigenvalue weighted by atomic mass is 10.1. The number of fused-ring (bicyclic) bond motifs is 1. The molecule has 0 heterocycles. The molecule has 0 saturated heterocycles. The number of hydrogen-bond donors (Lipinski definition) is 2. The zero-order valence-electron chi connectivity index (χ0n) is 17.9. The molecular weight excluding hydrogens is 512 g/mol. The Bertz CT molecular complexity index is 1770. The van der Waals surface area contributed by atoms with Crippen molar-refractivity contribution in [1.82, 2.24) is 0 Å². The van der Waals surface area contributed by atoms with Gasteiger partial charge in [0, 0.05) is 10.8 Å². The Morgan fingerprint density at radius 3 is 1.19 bits per heavy atom. The van der Waals surface area contributed by atoms with Gasteiger partial charge in [0.2, 0.25) is 0 Å². The van der Waals surface area contributed by atoms with Crippen LogP contribution in [-0.4, -0.2) is 25.9 Å². The Morgan fingerprint density at radius 1 is 0.556 bits per heavy atom. The number of hydrogen-bond acceptors (Lipinski definition) is 12. The maximum absolute atomic E-state index is 12.8. The summed E-state index contributed by atoms with van der Waals surface area (Å²) in [6.07, 6.45) is 0. The SMILES string of the molecule is O=c1c(=O)/c(=N/Nc2ccc(S(=O)(=O)[O-])cc2)c2ccccc2/c1=N\Nc1ccc(S(=O)(=O)[O-])cc1. The highest BCUT2D eigenvalue weighted by molar-refractivity contribution is 7.86. The molecule has 4 aromatic rings. The molecule has 0 radical (unpaired) electrons. The summed E-state index contributed by atoms with van der Waals surface area (Å²) in [4.78, 5) is 24.8. The van der Waals surface area contributed by atoms with Crippen LogP contribution in [0.4, 0.5) is 11.4 Å². The molecule has 0 aliphatic carbocycles. The average molecular weight is 527 g/mol. The molecule has 0 fully saturated rings. The van der Waals surface area contributed by atoms with Crippen molar-refractivity contribution in [2.75, 3.05) is 10.9 Å². The molecule has 0 bridgehead atoms. The summed E-state index contributed by atoms with van der Waals surface area (Å²) in [6.45, 7) is 0. The van der Waals surface area contributed by atoms with Crippen molar-refractivity contribution in [3.8, 4) is 0 Å². The van der Waals surface area contributed by atoms with E-state index in [1.807, 2.05) is 0 Å². The molecule has 36 heavy (non-hydrogen) atoms. The Kier molecular flexibility index (Phi) is 6.51. The highest BCUT2D eigenvalue weighted by Gasteiger charge is 2.10. The molecule has 184 valence electrons. The summed E-state index contributed by atoms with van der Waals surface area (Å²) in [5.74, 6) is 0. The third-order valence-electron chi connectivity index (χ3n) is 4.95. The third-order valence-corrected chi connectivity index (χ3v) is 6.65. The number of nitrogens with one attached hydrogen (secondary N) is 2. The topological polar surface area (TPSA) is 197 Å². The third kappa shape index (κ3) is 5.21. The van der Waals surface area contributed by atoms with Crippen LogP contribution in [0.15, 0.2) is 102 Å². The molecule has 0 spiro atoms. The first-order chi connectivity index (χ1) is 16.9. The molecule has 12 nitrogen and oxygen atoms in total. The molecule has 4 aromatic carbocycles. The van der Waals surface area contributed by atoms with E-state index in [4.69, 9.17) is 0 Å². The molecule has 0 saturated carbocycles. The summed E-state index contributed by atoms with van der Waals surface area (Å²) in [7, 11) is -9.25. The molecule has 2 N–H and O–H groups in total. The van der Waals surface area contributed by atoms with Crippen molar-refractivity contribution in [3.63, 3.8) is 0 Å². The second kappa shape index (κ2) is 9.43. The zero-order valence-corrected chi connectivity index (χ0v) is 19.5. The normalized spacial score (nSPS) is 13.2. The van der Waals surface area contributed by atoms with E-state index in [0.717, 1.165) is 24.3 Å². The highest BCUT2D eigenvalue weighted by Crippen LogP contribution is 2.14. The van der Waals surface area contributed by atoms with Crippen molar-refractivity contribution in [2.24, 2.45) is 10.2 Å². The van der Waals surface area contributed by atoms with Crippen molar-refractivity contribution < 1.29 is 25.9 Å². The zero-order chi connectivity index (χ0) is 26.1. The molecule has 0 atom stereocenters. The molecule has 0 amide bonds. The van der Waals surface area contributed by atoms with Gasteiger partial charge in [-0.3, -0.25) is 20.4 Å². The predicted molar refractivity (Wildman–Crippen MR) is 126 cm³/mol. The van der Waals surface area contributed by atoms with Crippen LogP contribution < -0.4 is 32.4 Å². The monoisotopic (exact) mass is 526 g/mol. The van der Waals surface area contributed by atoms with Gasteiger partial charge in [0.05, 0.1) is 21.2 Å². The Morgan fingerprint density at radius 2 is 0.889 bits per heavy atom. The van der Waals surface area contributed by atoms with Gasteiger partial charge in [0.15, 0.2) is 0 Å². The highest BCUT2D eigenvalue weighted by atomic mass is 32.2. The van der Waals surface area contributed by atoms with Crippen molar-refractivity contribution >= 4 is 42.4 Å². The number of benzene rings is 4. The molecule has 4 rings (SSSR count). The summed E-state index contributed by atoms with van der Waals surface area (Å²) in [6, 6.07) is 15.7. The Hall–Kier alpha value is -4.24. The second-order valence-electron chi connectivity index (χ2n) is 7.31. The predicted octanol–water partition coefficient (Wildman–Crippen LogP) is 0.0996. The maximum Gasteiger partial charge on any atom is 0.256 e. The van der Waals surface area contributed by atoms with E-state index in [1.54, 1.807) is 24.3 Å². The van der Waals surface area contributed by atoms with E-state index >= 15 is 0 Å². The molecular formula is C22H14N4O8S2-2. The number of rotatable bonds is 6. The molecule has 14 heteroatoms. The van der Waals surface area contributed by atoms with Gasteiger partial charge in [0.1, 0.15) is 31.0 Å². The minimum absolute atomic E-state index is 0.208. The minimum Gasteiger partial charge on any atom is -0.744 e. The Balaban J connectivity index is 1.76. The van der Waals surface area contributed by atoms with Gasteiger partial charge >= 0.3 is 0 Å². The first-order valence-electron chi connectivity index (χ1n) is 9.93. The van der Waals surface area contributed by atoms with Crippen molar-refractivity contribution in [3.05, 3.63) is 104 Å². The minimum atomic E-state index is -4.62. The molecule has 0 aliphatic heterocycles. The lowest BCUT2D eigenvalue weighted by molar-refractivity contribution is 0.461. The van der Waals surface area contributed by atoms with Crippen molar-refractivity contribution in [1.29, 1.82) is 0 Å². The summed E-state index contributed by atoms with van der Waals surface area (Å²) < 4.78 is 66.3. The summed E-state index contributed by atoms with van der Waals surface area (Å²) in [5.41, 5.74) is 3.72. The fraction of sp³-hybridized carbons (Fsp3) is 0. The second-order valence-corrected chi connectivity index (χ2v) is 10.1. The van der Waals surface area contributed by atoms with Gasteiger partial charge < -0.3 is 9.11 Å². The molecule has 0 unspecified atom stereocenters. The smallest absolute Gasteiger partial charge is 0.256 e. The van der Waals surface area contributed by atoms with E-state index in [-0.39, 0.29) is 22.1 Å². The van der Waals surface area contributed by atoms with Gasteiger partial charge in [0.25, 0.3) is 10.9 Å². The largest absolute Gasteiger partial charge is 0.744 e. The fourth-order valence-corrected chi connectivity index (χ4v) is 4.15. The first-order valence-corrected chi connectivity index (χ1v) is 12.7. The molecule has 0 aliphatic rings. The quantitative estimate of drug-likeness (QED) is 0.197. The van der Waals surface area contributed by atoms with E-state index in [1.165, 1.54) is 24.3 Å². The van der Waals surface area contributed by atoms with Gasteiger partial charge in [-0.2, -0.15) is 10.2 Å². The van der Waals surface area contributed by atoms with E-state index < -0.39 is 40.9 Å². The number of anilines is 2. The first kappa shape index (κ1) is 24.9. The van der Waals surface area contributed by atoms with Crippen LogP contribution >= 0.6 is 0 Å². The van der Waals surface area contributed by atoms with E-state index in [0.29, 0.717) is 10.8 Å². The van der Waals surface area contributed by atoms with Crippen LogP contribution in [0.2, 0.25) is 0 Å². The van der Waals surface area contributed by atoms with Crippen LogP contribution in [-0.2, 0) is 20.2 Å². The van der Waals surface area contributed by atoms with Crippen LogP contribution in [0.3, 0.4) is 0 Å². The van der Waals surface area contributed by atoms with Gasteiger partial charge in [-0.1, -0.05) is 24.3 Å². The maximum atomic E-state index is 12.8. The van der Waals surface area contributed by atoms with Gasteiger partial charge in [-0.05, 0) is 48.5 Å². The summed E-state index contributed by atoms with van der Waals surface area (Å²) >= 11 is 0. The van der Waals surface area contributed by atoms with Crippen LogP contribution in [0.25, 0.3) is 10.8 Å². The van der Waals surface area contributed by atoms with Crippen LogP contribution in [0.5, 0.6) is 0 Å².